The van der Waals surface area contributed by atoms with Crippen LogP contribution in [0, 0.1) is 0 Å². The first-order valence-corrected chi connectivity index (χ1v) is 8.52. The van der Waals surface area contributed by atoms with Crippen LogP contribution in [0.5, 0.6) is 0 Å². The highest BCUT2D eigenvalue weighted by Crippen LogP contribution is 2.24. The van der Waals surface area contributed by atoms with E-state index in [2.05, 4.69) is 16.4 Å². The molecule has 2 aromatic heterocycles. The Morgan fingerprint density at radius 3 is 2.96 bits per heavy atom. The molecule has 0 aliphatic heterocycles. The summed E-state index contributed by atoms with van der Waals surface area (Å²) in [5.41, 5.74) is 2.05. The Labute approximate surface area is 141 Å². The van der Waals surface area contributed by atoms with Crippen molar-refractivity contribution < 1.29 is 4.74 Å². The summed E-state index contributed by atoms with van der Waals surface area (Å²) in [6.07, 6.45) is 6.75. The van der Waals surface area contributed by atoms with Crippen LogP contribution in [-0.2, 0) is 4.74 Å². The van der Waals surface area contributed by atoms with Gasteiger partial charge in [-0.2, -0.15) is 0 Å². The molecular weight excluding hydrogens is 300 g/mol. The molecule has 1 fully saturated rings. The molecule has 1 aliphatic rings. The molecule has 5 heteroatoms. The van der Waals surface area contributed by atoms with Gasteiger partial charge in [-0.15, -0.1) is 0 Å². The van der Waals surface area contributed by atoms with Crippen molar-refractivity contribution in [2.24, 2.45) is 0 Å². The molecule has 2 atom stereocenters. The second-order valence-electron chi connectivity index (χ2n) is 6.35. The third-order valence-corrected chi connectivity index (χ3v) is 4.75. The Kier molecular flexibility index (Phi) is 4.17. The van der Waals surface area contributed by atoms with Crippen LogP contribution in [0.2, 0.25) is 0 Å². The lowest BCUT2D eigenvalue weighted by Gasteiger charge is -2.29. The van der Waals surface area contributed by atoms with Gasteiger partial charge in [0.25, 0.3) is 0 Å². The van der Waals surface area contributed by atoms with Crippen molar-refractivity contribution in [1.29, 1.82) is 0 Å². The van der Waals surface area contributed by atoms with Gasteiger partial charge in [0.2, 0.25) is 0 Å². The number of fused-ring (bicyclic) bond motifs is 1. The van der Waals surface area contributed by atoms with Gasteiger partial charge in [-0.1, -0.05) is 18.2 Å². The molecule has 124 valence electrons. The number of nitrogens with zero attached hydrogens (tertiary/aromatic N) is 3. The molecule has 2 unspecified atom stereocenters. The van der Waals surface area contributed by atoms with E-state index in [0.29, 0.717) is 12.1 Å². The van der Waals surface area contributed by atoms with Crippen molar-refractivity contribution >= 4 is 16.9 Å². The summed E-state index contributed by atoms with van der Waals surface area (Å²) in [7, 11) is 1.80. The highest BCUT2D eigenvalue weighted by Gasteiger charge is 2.21. The standard InChI is InChI=1S/C19H22N4O/c1-24-15-7-4-6-14(12-15)21-18-10-5-11-19(22-18)23-13-20-16-8-2-3-9-17(16)23/h2-3,5,8-11,13-15H,4,6-7,12H2,1H3,(H,21,22). The Hall–Kier alpha value is -2.40. The van der Waals surface area contributed by atoms with Crippen molar-refractivity contribution in [3.05, 3.63) is 48.8 Å². The van der Waals surface area contributed by atoms with Crippen molar-refractivity contribution in [3.8, 4) is 5.82 Å². The first-order valence-electron chi connectivity index (χ1n) is 8.52. The number of nitrogens with one attached hydrogen (secondary N) is 1. The number of ether oxygens (including phenoxy) is 1. The van der Waals surface area contributed by atoms with Crippen LogP contribution in [0.3, 0.4) is 0 Å². The number of aromatic nitrogens is 3. The molecule has 1 N–H and O–H groups in total. The molecule has 1 saturated carbocycles. The SMILES string of the molecule is COC1CCCC(Nc2cccc(-n3cnc4ccccc43)n2)C1. The number of benzene rings is 1. The van der Waals surface area contributed by atoms with Crippen LogP contribution in [0.25, 0.3) is 16.9 Å². The summed E-state index contributed by atoms with van der Waals surface area (Å²) < 4.78 is 7.54. The lowest BCUT2D eigenvalue weighted by Crippen LogP contribution is -2.31. The Balaban J connectivity index is 1.57. The highest BCUT2D eigenvalue weighted by molar-refractivity contribution is 5.76. The van der Waals surface area contributed by atoms with Gasteiger partial charge in [0.05, 0.1) is 17.1 Å². The van der Waals surface area contributed by atoms with Crippen LogP contribution < -0.4 is 5.32 Å². The smallest absolute Gasteiger partial charge is 0.140 e. The molecule has 1 aliphatic carbocycles. The monoisotopic (exact) mass is 322 g/mol. The molecule has 2 heterocycles. The topological polar surface area (TPSA) is 52.0 Å². The van der Waals surface area contributed by atoms with Gasteiger partial charge in [-0.25, -0.2) is 9.97 Å². The second-order valence-corrected chi connectivity index (χ2v) is 6.35. The van der Waals surface area contributed by atoms with E-state index in [4.69, 9.17) is 9.72 Å². The zero-order valence-electron chi connectivity index (χ0n) is 13.9. The van der Waals surface area contributed by atoms with Crippen LogP contribution in [-0.4, -0.2) is 33.8 Å². The fraction of sp³-hybridized carbons (Fsp3) is 0.368. The predicted molar refractivity (Wildman–Crippen MR) is 95.5 cm³/mol. The Morgan fingerprint density at radius 2 is 2.04 bits per heavy atom. The number of methoxy groups -OCH3 is 1. The summed E-state index contributed by atoms with van der Waals surface area (Å²) >= 11 is 0. The van der Waals surface area contributed by atoms with E-state index in [1.807, 2.05) is 47.3 Å². The van der Waals surface area contributed by atoms with E-state index in [1.54, 1.807) is 7.11 Å². The molecule has 24 heavy (non-hydrogen) atoms. The molecule has 0 saturated heterocycles. The summed E-state index contributed by atoms with van der Waals surface area (Å²) in [4.78, 5) is 9.23. The van der Waals surface area contributed by atoms with Crippen molar-refractivity contribution in [3.63, 3.8) is 0 Å². The quantitative estimate of drug-likeness (QED) is 0.794. The number of pyridine rings is 1. The number of hydrogen-bond acceptors (Lipinski definition) is 4. The molecule has 0 spiro atoms. The number of rotatable bonds is 4. The minimum Gasteiger partial charge on any atom is -0.381 e. The van der Waals surface area contributed by atoms with Crippen LogP contribution >= 0.6 is 0 Å². The summed E-state index contributed by atoms with van der Waals surface area (Å²) in [6, 6.07) is 14.6. The van der Waals surface area contributed by atoms with E-state index in [-0.39, 0.29) is 0 Å². The third-order valence-electron chi connectivity index (χ3n) is 4.75. The molecule has 3 aromatic rings. The average Bonchev–Trinajstić information content (AvgIpc) is 3.06. The van der Waals surface area contributed by atoms with Crippen molar-refractivity contribution in [2.45, 2.75) is 37.8 Å². The Morgan fingerprint density at radius 1 is 1.12 bits per heavy atom. The van der Waals surface area contributed by atoms with Gasteiger partial charge in [0.1, 0.15) is 18.0 Å². The summed E-state index contributed by atoms with van der Waals surface area (Å²) in [5, 5.41) is 3.57. The molecule has 1 aromatic carbocycles. The molecule has 0 amide bonds. The normalized spacial score (nSPS) is 21.0. The maximum Gasteiger partial charge on any atom is 0.140 e. The summed E-state index contributed by atoms with van der Waals surface area (Å²) in [6.45, 7) is 0. The molecule has 0 bridgehead atoms. The zero-order chi connectivity index (χ0) is 16.4. The van der Waals surface area contributed by atoms with Crippen LogP contribution in [0.1, 0.15) is 25.7 Å². The minimum atomic E-state index is 0.358. The van der Waals surface area contributed by atoms with Crippen LogP contribution in [0.4, 0.5) is 5.82 Å². The Bertz CT molecular complexity index is 829. The maximum absolute atomic E-state index is 5.52. The van der Waals surface area contributed by atoms with E-state index in [1.165, 1.54) is 12.8 Å². The highest BCUT2D eigenvalue weighted by atomic mass is 16.5. The first kappa shape index (κ1) is 15.1. The summed E-state index contributed by atoms with van der Waals surface area (Å²) in [5.74, 6) is 1.79. The van der Waals surface area contributed by atoms with Gasteiger partial charge in [0, 0.05) is 13.2 Å². The maximum atomic E-state index is 5.52. The number of anilines is 1. The van der Waals surface area contributed by atoms with Crippen molar-refractivity contribution in [2.75, 3.05) is 12.4 Å². The van der Waals surface area contributed by atoms with E-state index in [9.17, 15) is 0 Å². The van der Waals surface area contributed by atoms with Gasteiger partial charge in [0.15, 0.2) is 0 Å². The van der Waals surface area contributed by atoms with E-state index in [0.717, 1.165) is 35.5 Å². The molecule has 5 nitrogen and oxygen atoms in total. The van der Waals surface area contributed by atoms with Gasteiger partial charge < -0.3 is 10.1 Å². The number of para-hydroxylation sites is 2. The predicted octanol–water partition coefficient (Wildman–Crippen LogP) is 3.79. The molecule has 0 radical (unpaired) electrons. The lowest BCUT2D eigenvalue weighted by atomic mass is 9.93. The van der Waals surface area contributed by atoms with Gasteiger partial charge in [-0.05, 0) is 49.9 Å². The van der Waals surface area contributed by atoms with Gasteiger partial charge in [-0.3, -0.25) is 4.57 Å². The third kappa shape index (κ3) is 2.99. The fourth-order valence-electron chi connectivity index (χ4n) is 3.48. The average molecular weight is 322 g/mol. The minimum absolute atomic E-state index is 0.358. The van der Waals surface area contributed by atoms with E-state index >= 15 is 0 Å². The largest absolute Gasteiger partial charge is 0.381 e. The van der Waals surface area contributed by atoms with Crippen LogP contribution in [0.15, 0.2) is 48.8 Å². The first-order chi connectivity index (χ1) is 11.8. The molecule has 4 rings (SSSR count). The van der Waals surface area contributed by atoms with Crippen molar-refractivity contribution in [1.82, 2.24) is 14.5 Å². The van der Waals surface area contributed by atoms with Gasteiger partial charge >= 0.3 is 0 Å². The lowest BCUT2D eigenvalue weighted by molar-refractivity contribution is 0.0669. The zero-order valence-corrected chi connectivity index (χ0v) is 13.9. The van der Waals surface area contributed by atoms with E-state index < -0.39 is 0 Å². The number of hydrogen-bond donors (Lipinski definition) is 1. The second kappa shape index (κ2) is 6.61. The molecular formula is C19H22N4O. The number of imidazole rings is 1. The fourth-order valence-corrected chi connectivity index (χ4v) is 3.48.